The molecular formula is C10H11BrN4O2. The van der Waals surface area contributed by atoms with Crippen molar-refractivity contribution in [3.05, 3.63) is 34.6 Å². The van der Waals surface area contributed by atoms with Crippen LogP contribution >= 0.6 is 15.9 Å². The molecule has 0 bridgehead atoms. The molecule has 0 saturated carbocycles. The van der Waals surface area contributed by atoms with Crippen LogP contribution in [-0.4, -0.2) is 27.1 Å². The summed E-state index contributed by atoms with van der Waals surface area (Å²) in [6.45, 7) is 0.555. The van der Waals surface area contributed by atoms with Crippen molar-refractivity contribution < 1.29 is 9.94 Å². The fourth-order valence-corrected chi connectivity index (χ4v) is 1.75. The van der Waals surface area contributed by atoms with Crippen LogP contribution in [0, 0.1) is 0 Å². The average molecular weight is 299 g/mol. The second-order valence-electron chi connectivity index (χ2n) is 3.32. The normalized spacial score (nSPS) is 10.3. The van der Waals surface area contributed by atoms with Gasteiger partial charge < -0.3 is 4.74 Å². The molecule has 0 unspecified atom stereocenters. The Hall–Kier alpha value is -1.60. The number of benzene rings is 1. The number of methoxy groups -OCH3 is 1. The van der Waals surface area contributed by atoms with Crippen molar-refractivity contribution in [2.45, 2.75) is 6.54 Å². The topological polar surface area (TPSA) is 72.2 Å². The fraction of sp³-hybridized carbons (Fsp3) is 0.200. The van der Waals surface area contributed by atoms with Gasteiger partial charge in [-0.15, -0.1) is 5.10 Å². The van der Waals surface area contributed by atoms with E-state index in [0.29, 0.717) is 11.3 Å². The van der Waals surface area contributed by atoms with Gasteiger partial charge in [0.15, 0.2) is 4.73 Å². The number of hydrogen-bond acceptors (Lipinski definition) is 5. The molecule has 2 aromatic rings. The Balaban J connectivity index is 2.16. The Labute approximate surface area is 106 Å². The van der Waals surface area contributed by atoms with Crippen LogP contribution < -0.4 is 10.2 Å². The van der Waals surface area contributed by atoms with Crippen molar-refractivity contribution in [1.82, 2.24) is 14.8 Å². The van der Waals surface area contributed by atoms with E-state index in [1.807, 2.05) is 29.7 Å². The van der Waals surface area contributed by atoms with Crippen LogP contribution in [0.5, 0.6) is 5.75 Å². The largest absolute Gasteiger partial charge is 0.497 e. The van der Waals surface area contributed by atoms with Gasteiger partial charge in [0.25, 0.3) is 5.95 Å². The highest BCUT2D eigenvalue weighted by Crippen LogP contribution is 2.15. The molecule has 17 heavy (non-hydrogen) atoms. The van der Waals surface area contributed by atoms with Crippen LogP contribution in [0.2, 0.25) is 0 Å². The summed E-state index contributed by atoms with van der Waals surface area (Å²) in [4.78, 5) is 3.94. The van der Waals surface area contributed by atoms with Crippen LogP contribution in [-0.2, 0) is 6.54 Å². The monoisotopic (exact) mass is 298 g/mol. The number of nitrogens with zero attached hydrogens (tertiary/aromatic N) is 3. The van der Waals surface area contributed by atoms with E-state index in [0.717, 1.165) is 11.3 Å². The van der Waals surface area contributed by atoms with Gasteiger partial charge in [0, 0.05) is 0 Å². The third-order valence-corrected chi connectivity index (χ3v) is 2.80. The number of ether oxygens (including phenoxy) is 1. The molecule has 1 aromatic heterocycles. The highest BCUT2D eigenvalue weighted by Gasteiger charge is 2.06. The summed E-state index contributed by atoms with van der Waals surface area (Å²) in [6, 6.07) is 7.65. The molecule has 2 rings (SSSR count). The van der Waals surface area contributed by atoms with Gasteiger partial charge in [0.05, 0.1) is 13.7 Å². The van der Waals surface area contributed by atoms with Gasteiger partial charge in [-0.2, -0.15) is 4.98 Å². The zero-order valence-corrected chi connectivity index (χ0v) is 10.7. The molecule has 0 amide bonds. The van der Waals surface area contributed by atoms with Crippen molar-refractivity contribution in [3.63, 3.8) is 0 Å². The van der Waals surface area contributed by atoms with E-state index >= 15 is 0 Å². The average Bonchev–Trinajstić information content (AvgIpc) is 2.71. The molecule has 90 valence electrons. The van der Waals surface area contributed by atoms with E-state index in [2.05, 4.69) is 26.0 Å². The van der Waals surface area contributed by atoms with E-state index in [1.165, 1.54) is 0 Å². The Morgan fingerprint density at radius 3 is 2.65 bits per heavy atom. The predicted octanol–water partition coefficient (Wildman–Crippen LogP) is 1.90. The maximum atomic E-state index is 8.68. The summed E-state index contributed by atoms with van der Waals surface area (Å²) in [5.74, 6) is 0.967. The van der Waals surface area contributed by atoms with Crippen LogP contribution in [0.3, 0.4) is 0 Å². The van der Waals surface area contributed by atoms with Crippen LogP contribution in [0.25, 0.3) is 0 Å². The van der Waals surface area contributed by atoms with Gasteiger partial charge in [-0.3, -0.25) is 5.21 Å². The smallest absolute Gasteiger partial charge is 0.266 e. The number of rotatable bonds is 4. The third-order valence-electron chi connectivity index (χ3n) is 2.22. The summed E-state index contributed by atoms with van der Waals surface area (Å²) in [7, 11) is 1.63. The lowest BCUT2D eigenvalue weighted by Crippen LogP contribution is -2.02. The molecule has 0 fully saturated rings. The maximum Gasteiger partial charge on any atom is 0.266 e. The number of aromatic nitrogens is 3. The minimum absolute atomic E-state index is 0.158. The van der Waals surface area contributed by atoms with Crippen molar-refractivity contribution >= 4 is 21.9 Å². The van der Waals surface area contributed by atoms with E-state index in [1.54, 1.807) is 11.8 Å². The third kappa shape index (κ3) is 2.75. The lowest BCUT2D eigenvalue weighted by molar-refractivity contribution is 0.382. The predicted molar refractivity (Wildman–Crippen MR) is 65.2 cm³/mol. The maximum absolute atomic E-state index is 8.68. The molecule has 2 N–H and O–H groups in total. The van der Waals surface area contributed by atoms with Crippen molar-refractivity contribution in [2.75, 3.05) is 12.6 Å². The van der Waals surface area contributed by atoms with Gasteiger partial charge >= 0.3 is 0 Å². The summed E-state index contributed by atoms with van der Waals surface area (Å²) >= 11 is 3.26. The molecular weight excluding hydrogens is 288 g/mol. The molecule has 6 nitrogen and oxygen atoms in total. The molecule has 1 heterocycles. The molecule has 0 radical (unpaired) electrons. The second kappa shape index (κ2) is 5.15. The number of halogens is 1. The Morgan fingerprint density at radius 1 is 1.41 bits per heavy atom. The van der Waals surface area contributed by atoms with E-state index < -0.39 is 0 Å². The quantitative estimate of drug-likeness (QED) is 0.844. The zero-order chi connectivity index (χ0) is 12.3. The van der Waals surface area contributed by atoms with Crippen LogP contribution in [0.4, 0.5) is 5.95 Å². The van der Waals surface area contributed by atoms with E-state index in [9.17, 15) is 0 Å². The minimum atomic E-state index is 0.158. The molecule has 0 aliphatic rings. The van der Waals surface area contributed by atoms with Crippen molar-refractivity contribution in [2.24, 2.45) is 0 Å². The molecule has 0 atom stereocenters. The number of nitrogens with one attached hydrogen (secondary N) is 1. The highest BCUT2D eigenvalue weighted by molar-refractivity contribution is 9.10. The summed E-state index contributed by atoms with van der Waals surface area (Å²) in [6.07, 6.45) is 0. The molecule has 0 spiro atoms. The standard InChI is InChI=1S/C10H11BrN4O2/c1-17-8-4-2-7(3-5-8)6-15-9(11)12-10(13-15)14-16/h2-5,16H,6H2,1H3,(H,13,14). The SMILES string of the molecule is COc1ccc(Cn2nc(NO)nc2Br)cc1. The zero-order valence-electron chi connectivity index (χ0n) is 9.09. The first-order valence-corrected chi connectivity index (χ1v) is 5.65. The van der Waals surface area contributed by atoms with Gasteiger partial charge in [0.1, 0.15) is 5.75 Å². The van der Waals surface area contributed by atoms with Gasteiger partial charge in [-0.1, -0.05) is 12.1 Å². The van der Waals surface area contributed by atoms with Crippen molar-refractivity contribution in [1.29, 1.82) is 0 Å². The Kier molecular flexibility index (Phi) is 3.60. The van der Waals surface area contributed by atoms with Crippen LogP contribution in [0.15, 0.2) is 29.0 Å². The summed E-state index contributed by atoms with van der Waals surface area (Å²) < 4.78 is 7.25. The Bertz CT molecular complexity index is 498. The molecule has 0 saturated heterocycles. The number of hydrogen-bond donors (Lipinski definition) is 2. The minimum Gasteiger partial charge on any atom is -0.497 e. The molecule has 0 aliphatic carbocycles. The van der Waals surface area contributed by atoms with E-state index in [4.69, 9.17) is 9.94 Å². The lowest BCUT2D eigenvalue weighted by atomic mass is 10.2. The first kappa shape index (κ1) is 11.9. The second-order valence-corrected chi connectivity index (χ2v) is 4.03. The van der Waals surface area contributed by atoms with Gasteiger partial charge in [-0.05, 0) is 33.6 Å². The first-order valence-electron chi connectivity index (χ1n) is 4.86. The number of anilines is 1. The summed E-state index contributed by atoms with van der Waals surface area (Å²) in [5.41, 5.74) is 2.96. The first-order chi connectivity index (χ1) is 8.22. The van der Waals surface area contributed by atoms with E-state index in [-0.39, 0.29) is 5.95 Å². The van der Waals surface area contributed by atoms with Gasteiger partial charge in [-0.25, -0.2) is 10.2 Å². The molecule has 7 heteroatoms. The fourth-order valence-electron chi connectivity index (χ4n) is 1.37. The van der Waals surface area contributed by atoms with Crippen LogP contribution in [0.1, 0.15) is 5.56 Å². The lowest BCUT2D eigenvalue weighted by Gasteiger charge is -2.04. The highest BCUT2D eigenvalue weighted by atomic mass is 79.9. The Morgan fingerprint density at radius 2 is 2.12 bits per heavy atom. The van der Waals surface area contributed by atoms with Gasteiger partial charge in [0.2, 0.25) is 0 Å². The van der Waals surface area contributed by atoms with Crippen molar-refractivity contribution in [3.8, 4) is 5.75 Å². The summed E-state index contributed by atoms with van der Waals surface area (Å²) in [5, 5.41) is 12.7. The molecule has 0 aliphatic heterocycles. The molecule has 1 aromatic carbocycles.